The van der Waals surface area contributed by atoms with Gasteiger partial charge in [-0.15, -0.1) is 0 Å². The van der Waals surface area contributed by atoms with Gasteiger partial charge in [0.2, 0.25) is 0 Å². The van der Waals surface area contributed by atoms with Gasteiger partial charge in [-0.2, -0.15) is 5.26 Å². The molecule has 0 aliphatic carbocycles. The van der Waals surface area contributed by atoms with Crippen LogP contribution in [0, 0.1) is 11.3 Å². The predicted octanol–water partition coefficient (Wildman–Crippen LogP) is 1.69. The van der Waals surface area contributed by atoms with Gasteiger partial charge >= 0.3 is 0 Å². The lowest BCUT2D eigenvalue weighted by atomic mass is 10.3. The highest BCUT2D eigenvalue weighted by Gasteiger charge is 1.99. The molecule has 0 fully saturated rings. The number of rotatable bonds is 2. The molecule has 1 aromatic heterocycles. The molecule has 3 heteroatoms. The number of pyridine rings is 1. The second-order valence-corrected chi connectivity index (χ2v) is 3.27. The first kappa shape index (κ1) is 10.3. The van der Waals surface area contributed by atoms with E-state index in [1.54, 1.807) is 12.3 Å². The number of hydrogen-bond donors (Lipinski definition) is 0. The molecular formula is C11H12N2O. The fourth-order valence-electron chi connectivity index (χ4n) is 1.05. The molecule has 0 spiro atoms. The molecule has 1 aromatic rings. The van der Waals surface area contributed by atoms with E-state index in [0.29, 0.717) is 6.54 Å². The minimum Gasteiger partial charge on any atom is -0.311 e. The van der Waals surface area contributed by atoms with E-state index in [-0.39, 0.29) is 11.1 Å². The van der Waals surface area contributed by atoms with Crippen molar-refractivity contribution >= 4 is 0 Å². The maximum Gasteiger partial charge on any atom is 0.268 e. The second kappa shape index (κ2) is 4.43. The first-order valence-electron chi connectivity index (χ1n) is 4.38. The van der Waals surface area contributed by atoms with Gasteiger partial charge in [0.05, 0.1) is 0 Å². The molecular weight excluding hydrogens is 176 g/mol. The van der Waals surface area contributed by atoms with E-state index in [0.717, 1.165) is 5.57 Å². The first-order chi connectivity index (χ1) is 6.65. The normalized spacial score (nSPS) is 9.21. The van der Waals surface area contributed by atoms with Crippen molar-refractivity contribution in [3.63, 3.8) is 0 Å². The third-order valence-electron chi connectivity index (χ3n) is 1.84. The van der Waals surface area contributed by atoms with E-state index in [9.17, 15) is 4.79 Å². The molecule has 0 atom stereocenters. The summed E-state index contributed by atoms with van der Waals surface area (Å²) in [6, 6.07) is 5.11. The monoisotopic (exact) mass is 188 g/mol. The molecule has 0 unspecified atom stereocenters. The summed E-state index contributed by atoms with van der Waals surface area (Å²) in [7, 11) is 0. The fraction of sp³-hybridized carbons (Fsp3) is 0.273. The zero-order chi connectivity index (χ0) is 10.6. The molecule has 0 amide bonds. The molecule has 0 aliphatic heterocycles. The lowest BCUT2D eigenvalue weighted by Crippen LogP contribution is -2.20. The molecule has 3 nitrogen and oxygen atoms in total. The standard InChI is InChI=1S/C11H12N2O/c1-9(2)5-7-13-6-3-4-10(8-12)11(13)14/h3-6H,7H2,1-2H3. The Morgan fingerprint density at radius 2 is 2.36 bits per heavy atom. The number of aromatic nitrogens is 1. The van der Waals surface area contributed by atoms with Crippen molar-refractivity contribution in [2.24, 2.45) is 0 Å². The van der Waals surface area contributed by atoms with Crippen LogP contribution in [0.5, 0.6) is 0 Å². The summed E-state index contributed by atoms with van der Waals surface area (Å²) in [5.74, 6) is 0. The van der Waals surface area contributed by atoms with Gasteiger partial charge in [-0.3, -0.25) is 4.79 Å². The molecule has 0 N–H and O–H groups in total. The lowest BCUT2D eigenvalue weighted by molar-refractivity contribution is 0.771. The Labute approximate surface area is 82.9 Å². The van der Waals surface area contributed by atoms with Crippen molar-refractivity contribution in [1.29, 1.82) is 5.26 Å². The van der Waals surface area contributed by atoms with Crippen molar-refractivity contribution in [2.75, 3.05) is 0 Å². The average molecular weight is 188 g/mol. The van der Waals surface area contributed by atoms with E-state index in [4.69, 9.17) is 5.26 Å². The van der Waals surface area contributed by atoms with Crippen LogP contribution in [0.2, 0.25) is 0 Å². The third-order valence-corrected chi connectivity index (χ3v) is 1.84. The predicted molar refractivity (Wildman–Crippen MR) is 54.8 cm³/mol. The van der Waals surface area contributed by atoms with Crippen LogP contribution in [0.15, 0.2) is 34.8 Å². The Hall–Kier alpha value is -1.82. The van der Waals surface area contributed by atoms with Gasteiger partial charge in [0, 0.05) is 12.7 Å². The van der Waals surface area contributed by atoms with Gasteiger partial charge in [-0.05, 0) is 26.0 Å². The molecule has 0 radical (unpaired) electrons. The first-order valence-corrected chi connectivity index (χ1v) is 4.38. The van der Waals surface area contributed by atoms with Crippen LogP contribution in [0.1, 0.15) is 19.4 Å². The van der Waals surface area contributed by atoms with E-state index >= 15 is 0 Å². The summed E-state index contributed by atoms with van der Waals surface area (Å²) in [6.45, 7) is 4.47. The third kappa shape index (κ3) is 2.33. The Kier molecular flexibility index (Phi) is 3.24. The molecule has 72 valence electrons. The highest BCUT2D eigenvalue weighted by molar-refractivity contribution is 5.25. The number of hydrogen-bond acceptors (Lipinski definition) is 2. The van der Waals surface area contributed by atoms with Crippen LogP contribution < -0.4 is 5.56 Å². The van der Waals surface area contributed by atoms with Crippen LogP contribution in [-0.4, -0.2) is 4.57 Å². The Balaban J connectivity index is 3.07. The minimum atomic E-state index is -0.229. The van der Waals surface area contributed by atoms with Gasteiger partial charge in [0.25, 0.3) is 5.56 Å². The highest BCUT2D eigenvalue weighted by atomic mass is 16.1. The summed E-state index contributed by atoms with van der Waals surface area (Å²) in [5, 5.41) is 8.64. The van der Waals surface area contributed by atoms with Gasteiger partial charge < -0.3 is 4.57 Å². The lowest BCUT2D eigenvalue weighted by Gasteiger charge is -2.01. The van der Waals surface area contributed by atoms with Crippen molar-refractivity contribution in [3.05, 3.63) is 45.9 Å². The number of nitrogens with zero attached hydrogens (tertiary/aromatic N) is 2. The number of allylic oxidation sites excluding steroid dienone is 2. The van der Waals surface area contributed by atoms with Crippen LogP contribution in [-0.2, 0) is 6.54 Å². The van der Waals surface area contributed by atoms with E-state index in [1.165, 1.54) is 10.6 Å². The van der Waals surface area contributed by atoms with E-state index in [2.05, 4.69) is 0 Å². The largest absolute Gasteiger partial charge is 0.311 e. The maximum absolute atomic E-state index is 11.5. The van der Waals surface area contributed by atoms with Gasteiger partial charge in [0.15, 0.2) is 0 Å². The Bertz CT molecular complexity index is 445. The number of nitriles is 1. The highest BCUT2D eigenvalue weighted by Crippen LogP contribution is 1.93. The zero-order valence-corrected chi connectivity index (χ0v) is 8.32. The summed E-state index contributed by atoms with van der Waals surface area (Å²) in [5.41, 5.74) is 1.11. The Morgan fingerprint density at radius 3 is 2.93 bits per heavy atom. The SMILES string of the molecule is CC(C)=CCn1cccc(C#N)c1=O. The van der Waals surface area contributed by atoms with Gasteiger partial charge in [-0.25, -0.2) is 0 Å². The molecule has 0 aliphatic rings. The van der Waals surface area contributed by atoms with Crippen LogP contribution in [0.4, 0.5) is 0 Å². The molecule has 1 rings (SSSR count). The average Bonchev–Trinajstić information content (AvgIpc) is 2.16. The molecule has 0 saturated carbocycles. The molecule has 14 heavy (non-hydrogen) atoms. The maximum atomic E-state index is 11.5. The van der Waals surface area contributed by atoms with Crippen molar-refractivity contribution in [3.8, 4) is 6.07 Å². The van der Waals surface area contributed by atoms with Gasteiger partial charge in [-0.1, -0.05) is 11.6 Å². The molecule has 1 heterocycles. The second-order valence-electron chi connectivity index (χ2n) is 3.27. The quantitative estimate of drug-likeness (QED) is 0.663. The van der Waals surface area contributed by atoms with E-state index in [1.807, 2.05) is 26.0 Å². The van der Waals surface area contributed by atoms with Crippen molar-refractivity contribution < 1.29 is 0 Å². The summed E-state index contributed by atoms with van der Waals surface area (Å²) >= 11 is 0. The van der Waals surface area contributed by atoms with Crippen molar-refractivity contribution in [2.45, 2.75) is 20.4 Å². The summed E-state index contributed by atoms with van der Waals surface area (Å²) in [4.78, 5) is 11.5. The minimum absolute atomic E-state index is 0.189. The summed E-state index contributed by atoms with van der Waals surface area (Å²) < 4.78 is 1.52. The van der Waals surface area contributed by atoms with Gasteiger partial charge in [0.1, 0.15) is 11.6 Å². The summed E-state index contributed by atoms with van der Waals surface area (Å²) in [6.07, 6.45) is 3.63. The molecule has 0 aromatic carbocycles. The molecule has 0 saturated heterocycles. The van der Waals surface area contributed by atoms with Crippen LogP contribution in [0.25, 0.3) is 0 Å². The van der Waals surface area contributed by atoms with Crippen molar-refractivity contribution in [1.82, 2.24) is 4.57 Å². The zero-order valence-electron chi connectivity index (χ0n) is 8.32. The van der Waals surface area contributed by atoms with Crippen LogP contribution in [0.3, 0.4) is 0 Å². The Morgan fingerprint density at radius 1 is 1.64 bits per heavy atom. The van der Waals surface area contributed by atoms with Crippen LogP contribution >= 0.6 is 0 Å². The smallest absolute Gasteiger partial charge is 0.268 e. The molecule has 0 bridgehead atoms. The topological polar surface area (TPSA) is 45.8 Å². The van der Waals surface area contributed by atoms with E-state index < -0.39 is 0 Å². The fourth-order valence-corrected chi connectivity index (χ4v) is 1.05.